The maximum atomic E-state index is 11.6. The Hall–Kier alpha value is -0.610. The Morgan fingerprint density at radius 2 is 1.82 bits per heavy atom. The molecule has 0 saturated heterocycles. The number of hydrogen-bond acceptors (Lipinski definition) is 3. The Kier molecular flexibility index (Phi) is 8.17. The molecule has 17 heavy (non-hydrogen) atoms. The first-order valence-electron chi connectivity index (χ1n) is 6.55. The average Bonchev–Trinajstić information content (AvgIpc) is 2.26. The van der Waals surface area contributed by atoms with Gasteiger partial charge in [0.2, 0.25) is 5.91 Å². The van der Waals surface area contributed by atoms with Gasteiger partial charge in [0.1, 0.15) is 0 Å². The van der Waals surface area contributed by atoms with E-state index in [-0.39, 0.29) is 17.9 Å². The van der Waals surface area contributed by atoms with E-state index in [9.17, 15) is 4.79 Å². The first-order valence-corrected chi connectivity index (χ1v) is 6.55. The zero-order valence-electron chi connectivity index (χ0n) is 11.8. The van der Waals surface area contributed by atoms with Crippen molar-refractivity contribution in [2.24, 2.45) is 17.6 Å². The zero-order valence-corrected chi connectivity index (χ0v) is 11.8. The summed E-state index contributed by atoms with van der Waals surface area (Å²) in [5.74, 6) is 0.562. The Bertz CT molecular complexity index is 217. The van der Waals surface area contributed by atoms with Crippen molar-refractivity contribution in [3.8, 4) is 0 Å². The lowest BCUT2D eigenvalue weighted by Gasteiger charge is -2.22. The summed E-state index contributed by atoms with van der Waals surface area (Å²) >= 11 is 0. The molecule has 0 aliphatic carbocycles. The van der Waals surface area contributed by atoms with Crippen LogP contribution < -0.4 is 11.1 Å². The molecular formula is C13H28N2O2. The lowest BCUT2D eigenvalue weighted by molar-refractivity contribution is -0.123. The summed E-state index contributed by atoms with van der Waals surface area (Å²) in [5.41, 5.74) is 5.75. The highest BCUT2D eigenvalue weighted by molar-refractivity contribution is 5.81. The summed E-state index contributed by atoms with van der Waals surface area (Å²) in [5, 5.41) is 2.86. The molecule has 4 heteroatoms. The molecule has 0 aliphatic rings. The minimum Gasteiger partial charge on any atom is -0.378 e. The molecule has 0 aromatic carbocycles. The lowest BCUT2D eigenvalue weighted by atomic mass is 10.0. The van der Waals surface area contributed by atoms with E-state index in [2.05, 4.69) is 19.2 Å². The largest absolute Gasteiger partial charge is 0.378 e. The fourth-order valence-electron chi connectivity index (χ4n) is 1.58. The highest BCUT2D eigenvalue weighted by Crippen LogP contribution is 2.10. The van der Waals surface area contributed by atoms with Crippen molar-refractivity contribution in [2.45, 2.75) is 53.2 Å². The summed E-state index contributed by atoms with van der Waals surface area (Å²) < 4.78 is 5.61. The average molecular weight is 244 g/mol. The van der Waals surface area contributed by atoms with Gasteiger partial charge in [0.05, 0.1) is 12.1 Å². The number of amides is 1. The third-order valence-corrected chi connectivity index (χ3v) is 2.87. The molecule has 1 unspecified atom stereocenters. The van der Waals surface area contributed by atoms with E-state index in [1.807, 2.05) is 20.8 Å². The zero-order chi connectivity index (χ0) is 13.4. The number of carbonyl (C=O) groups excluding carboxylic acids is 1. The number of hydrogen-bond donors (Lipinski definition) is 2. The summed E-state index contributed by atoms with van der Waals surface area (Å²) in [4.78, 5) is 11.6. The normalized spacial score (nSPS) is 15.1. The Labute approximate surface area is 105 Å². The van der Waals surface area contributed by atoms with Crippen LogP contribution in [0, 0.1) is 11.8 Å². The third-order valence-electron chi connectivity index (χ3n) is 2.87. The molecule has 0 heterocycles. The van der Waals surface area contributed by atoms with Crippen LogP contribution in [0.4, 0.5) is 0 Å². The summed E-state index contributed by atoms with van der Waals surface area (Å²) in [6.07, 6.45) is 1.04. The molecule has 0 radical (unpaired) electrons. The van der Waals surface area contributed by atoms with Crippen molar-refractivity contribution >= 4 is 5.91 Å². The molecule has 0 saturated carbocycles. The summed E-state index contributed by atoms with van der Waals surface area (Å²) in [6, 6.07) is -0.417. The predicted molar refractivity (Wildman–Crippen MR) is 70.7 cm³/mol. The van der Waals surface area contributed by atoms with E-state index in [0.717, 1.165) is 6.42 Å². The molecule has 2 atom stereocenters. The molecule has 0 fully saturated rings. The van der Waals surface area contributed by atoms with Crippen LogP contribution in [0.2, 0.25) is 0 Å². The van der Waals surface area contributed by atoms with E-state index < -0.39 is 6.04 Å². The second-order valence-corrected chi connectivity index (χ2v) is 5.09. The first-order chi connectivity index (χ1) is 7.90. The summed E-state index contributed by atoms with van der Waals surface area (Å²) in [7, 11) is 0. The van der Waals surface area contributed by atoms with Gasteiger partial charge < -0.3 is 15.8 Å². The second-order valence-electron chi connectivity index (χ2n) is 5.09. The second kappa shape index (κ2) is 8.48. The van der Waals surface area contributed by atoms with Crippen molar-refractivity contribution in [1.29, 1.82) is 0 Å². The molecule has 0 aromatic heterocycles. The molecule has 0 aromatic rings. The predicted octanol–water partition coefficient (Wildman–Crippen LogP) is 1.54. The van der Waals surface area contributed by atoms with Crippen LogP contribution in [-0.2, 0) is 9.53 Å². The van der Waals surface area contributed by atoms with Gasteiger partial charge in [-0.1, -0.05) is 27.7 Å². The van der Waals surface area contributed by atoms with Crippen LogP contribution in [0.3, 0.4) is 0 Å². The highest BCUT2D eigenvalue weighted by Gasteiger charge is 2.18. The monoisotopic (exact) mass is 244 g/mol. The van der Waals surface area contributed by atoms with Crippen LogP contribution in [0.25, 0.3) is 0 Å². The quantitative estimate of drug-likeness (QED) is 0.680. The van der Waals surface area contributed by atoms with Gasteiger partial charge in [0.25, 0.3) is 0 Å². The van der Waals surface area contributed by atoms with Gasteiger partial charge in [-0.15, -0.1) is 0 Å². The topological polar surface area (TPSA) is 64.3 Å². The Balaban J connectivity index is 3.92. The maximum absolute atomic E-state index is 11.6. The van der Waals surface area contributed by atoms with Gasteiger partial charge in [-0.05, 0) is 25.2 Å². The molecule has 0 spiro atoms. The number of nitrogens with one attached hydrogen (secondary N) is 1. The number of rotatable bonds is 8. The van der Waals surface area contributed by atoms with Crippen LogP contribution in [0.5, 0.6) is 0 Å². The van der Waals surface area contributed by atoms with Crippen molar-refractivity contribution in [1.82, 2.24) is 5.32 Å². The molecule has 102 valence electrons. The highest BCUT2D eigenvalue weighted by atomic mass is 16.5. The molecule has 0 bridgehead atoms. The van der Waals surface area contributed by atoms with Gasteiger partial charge in [0, 0.05) is 13.2 Å². The standard InChI is InChI=1S/C13H28N2O2/c1-6-17-11(9(2)3)7-8-15-13(16)12(14)10(4)5/h9-12H,6-8,14H2,1-5H3,(H,15,16)/t11?,12-/m0/s1. The Morgan fingerprint density at radius 3 is 2.24 bits per heavy atom. The van der Waals surface area contributed by atoms with E-state index in [4.69, 9.17) is 10.5 Å². The maximum Gasteiger partial charge on any atom is 0.237 e. The molecule has 1 amide bonds. The molecule has 3 N–H and O–H groups in total. The fourth-order valence-corrected chi connectivity index (χ4v) is 1.58. The van der Waals surface area contributed by atoms with E-state index in [1.165, 1.54) is 0 Å². The van der Waals surface area contributed by atoms with Gasteiger partial charge >= 0.3 is 0 Å². The van der Waals surface area contributed by atoms with Crippen LogP contribution in [0.1, 0.15) is 41.0 Å². The molecular weight excluding hydrogens is 216 g/mol. The smallest absolute Gasteiger partial charge is 0.237 e. The minimum absolute atomic E-state index is 0.0704. The van der Waals surface area contributed by atoms with Crippen molar-refractivity contribution in [2.75, 3.05) is 13.2 Å². The fraction of sp³-hybridized carbons (Fsp3) is 0.923. The van der Waals surface area contributed by atoms with Gasteiger partial charge in [-0.2, -0.15) is 0 Å². The van der Waals surface area contributed by atoms with Gasteiger partial charge in [-0.25, -0.2) is 0 Å². The van der Waals surface area contributed by atoms with Crippen LogP contribution >= 0.6 is 0 Å². The SMILES string of the molecule is CCOC(CCNC(=O)[C@@H](N)C(C)C)C(C)C. The lowest BCUT2D eigenvalue weighted by Crippen LogP contribution is -2.44. The van der Waals surface area contributed by atoms with Crippen molar-refractivity contribution in [3.63, 3.8) is 0 Å². The summed E-state index contributed by atoms with van der Waals surface area (Å²) in [6.45, 7) is 11.5. The van der Waals surface area contributed by atoms with Crippen LogP contribution in [0.15, 0.2) is 0 Å². The number of carbonyl (C=O) groups is 1. The molecule has 0 rings (SSSR count). The van der Waals surface area contributed by atoms with E-state index >= 15 is 0 Å². The Morgan fingerprint density at radius 1 is 1.24 bits per heavy atom. The molecule has 0 aliphatic heterocycles. The van der Waals surface area contributed by atoms with Crippen molar-refractivity contribution < 1.29 is 9.53 Å². The minimum atomic E-state index is -0.417. The van der Waals surface area contributed by atoms with E-state index in [0.29, 0.717) is 19.1 Å². The number of nitrogens with two attached hydrogens (primary N) is 1. The first kappa shape index (κ1) is 16.4. The van der Waals surface area contributed by atoms with Crippen LogP contribution in [-0.4, -0.2) is 31.2 Å². The van der Waals surface area contributed by atoms with Gasteiger partial charge in [0.15, 0.2) is 0 Å². The van der Waals surface area contributed by atoms with Crippen molar-refractivity contribution in [3.05, 3.63) is 0 Å². The van der Waals surface area contributed by atoms with Gasteiger partial charge in [-0.3, -0.25) is 4.79 Å². The number of ether oxygens (including phenoxy) is 1. The van der Waals surface area contributed by atoms with E-state index in [1.54, 1.807) is 0 Å². The third kappa shape index (κ3) is 6.64. The molecule has 4 nitrogen and oxygen atoms in total.